The number of ether oxygens (including phenoxy) is 2. The van der Waals surface area contributed by atoms with Crippen LogP contribution in [0.2, 0.25) is 0 Å². The molecule has 0 radical (unpaired) electrons. The number of methoxy groups -OCH3 is 1. The second kappa shape index (κ2) is 6.36. The van der Waals surface area contributed by atoms with Crippen LogP contribution in [0.3, 0.4) is 0 Å². The van der Waals surface area contributed by atoms with Crippen LogP contribution in [0.1, 0.15) is 42.4 Å². The van der Waals surface area contributed by atoms with Gasteiger partial charge in [-0.05, 0) is 38.8 Å². The minimum atomic E-state index is -0.535. The molecule has 0 saturated heterocycles. The van der Waals surface area contributed by atoms with Gasteiger partial charge in [0, 0.05) is 12.7 Å². The third-order valence-electron chi connectivity index (χ3n) is 2.35. The number of nitrogens with zero attached hydrogens (tertiary/aromatic N) is 1. The van der Waals surface area contributed by atoms with Crippen LogP contribution in [0.5, 0.6) is 0 Å². The molecular weight excluding hydrogens is 260 g/mol. The van der Waals surface area contributed by atoms with E-state index in [0.29, 0.717) is 5.56 Å². The molecule has 0 atom stereocenters. The van der Waals surface area contributed by atoms with Gasteiger partial charge < -0.3 is 14.8 Å². The van der Waals surface area contributed by atoms with E-state index in [4.69, 9.17) is 4.74 Å². The minimum absolute atomic E-state index is 0.272. The number of hydrogen-bond donors (Lipinski definition) is 1. The van der Waals surface area contributed by atoms with Gasteiger partial charge in [0.15, 0.2) is 5.69 Å². The second-order valence-electron chi connectivity index (χ2n) is 5.36. The predicted octanol–water partition coefficient (Wildman–Crippen LogP) is 2.20. The van der Waals surface area contributed by atoms with Crippen LogP contribution in [0.25, 0.3) is 0 Å². The molecule has 0 aliphatic rings. The Morgan fingerprint density at radius 1 is 1.35 bits per heavy atom. The third kappa shape index (κ3) is 4.87. The summed E-state index contributed by atoms with van der Waals surface area (Å²) in [4.78, 5) is 26.9. The van der Waals surface area contributed by atoms with E-state index in [9.17, 15) is 9.59 Å². The van der Waals surface area contributed by atoms with Crippen molar-refractivity contribution in [1.29, 1.82) is 0 Å². The number of alkyl carbamates (subject to hydrolysis) is 1. The number of esters is 1. The van der Waals surface area contributed by atoms with E-state index in [1.165, 1.54) is 13.3 Å². The molecule has 110 valence electrons. The summed E-state index contributed by atoms with van der Waals surface area (Å²) in [7, 11) is 1.31. The maximum absolute atomic E-state index is 11.5. The summed E-state index contributed by atoms with van der Waals surface area (Å²) in [6.07, 6.45) is 1.03. The van der Waals surface area contributed by atoms with Crippen LogP contribution < -0.4 is 5.32 Å². The summed E-state index contributed by atoms with van der Waals surface area (Å²) in [6.45, 7) is 7.43. The molecule has 0 bridgehead atoms. The first kappa shape index (κ1) is 15.9. The molecular formula is C14H20N2O4. The topological polar surface area (TPSA) is 77.5 Å². The number of hydrogen-bond acceptors (Lipinski definition) is 5. The molecule has 0 fully saturated rings. The van der Waals surface area contributed by atoms with Gasteiger partial charge in [-0.3, -0.25) is 0 Å². The lowest BCUT2D eigenvalue weighted by Gasteiger charge is -2.19. The smallest absolute Gasteiger partial charge is 0.407 e. The Bertz CT molecular complexity index is 506. The SMILES string of the molecule is COC(=O)c1ncc(CNC(=O)OC(C)(C)C)cc1C. The summed E-state index contributed by atoms with van der Waals surface area (Å²) >= 11 is 0. The highest BCUT2D eigenvalue weighted by Crippen LogP contribution is 2.10. The molecule has 0 unspecified atom stereocenters. The molecule has 1 heterocycles. The van der Waals surface area contributed by atoms with E-state index in [2.05, 4.69) is 15.0 Å². The van der Waals surface area contributed by atoms with E-state index in [1.807, 2.05) is 0 Å². The largest absolute Gasteiger partial charge is 0.464 e. The molecule has 0 aliphatic carbocycles. The third-order valence-corrected chi connectivity index (χ3v) is 2.35. The van der Waals surface area contributed by atoms with Gasteiger partial charge >= 0.3 is 12.1 Å². The monoisotopic (exact) mass is 280 g/mol. The van der Waals surface area contributed by atoms with Gasteiger partial charge in [0.25, 0.3) is 0 Å². The minimum Gasteiger partial charge on any atom is -0.464 e. The fourth-order valence-electron chi connectivity index (χ4n) is 1.53. The van der Waals surface area contributed by atoms with E-state index < -0.39 is 17.7 Å². The van der Waals surface area contributed by atoms with Crippen molar-refractivity contribution in [3.05, 3.63) is 29.1 Å². The molecule has 1 aromatic heterocycles. The van der Waals surface area contributed by atoms with E-state index in [0.717, 1.165) is 5.56 Å². The quantitative estimate of drug-likeness (QED) is 0.859. The van der Waals surface area contributed by atoms with E-state index in [-0.39, 0.29) is 12.2 Å². The number of carbonyl (C=O) groups excluding carboxylic acids is 2. The van der Waals surface area contributed by atoms with Crippen molar-refractivity contribution in [1.82, 2.24) is 10.3 Å². The van der Waals surface area contributed by atoms with Crippen molar-refractivity contribution in [3.8, 4) is 0 Å². The summed E-state index contributed by atoms with van der Waals surface area (Å²) in [5, 5.41) is 2.63. The maximum Gasteiger partial charge on any atom is 0.407 e. The molecule has 20 heavy (non-hydrogen) atoms. The fourth-order valence-corrected chi connectivity index (χ4v) is 1.53. The number of pyridine rings is 1. The van der Waals surface area contributed by atoms with Crippen molar-refractivity contribution in [2.75, 3.05) is 7.11 Å². The Morgan fingerprint density at radius 3 is 2.50 bits per heavy atom. The van der Waals surface area contributed by atoms with Gasteiger partial charge in [-0.1, -0.05) is 6.07 Å². The van der Waals surface area contributed by atoms with Crippen LogP contribution in [0.15, 0.2) is 12.3 Å². The summed E-state index contributed by atoms with van der Waals surface area (Å²) in [6, 6.07) is 1.77. The lowest BCUT2D eigenvalue weighted by atomic mass is 10.1. The van der Waals surface area contributed by atoms with Gasteiger partial charge in [0.1, 0.15) is 5.60 Å². The molecule has 0 aliphatic heterocycles. The van der Waals surface area contributed by atoms with Gasteiger partial charge in [-0.2, -0.15) is 0 Å². The normalized spacial score (nSPS) is 10.8. The second-order valence-corrected chi connectivity index (χ2v) is 5.36. The standard InChI is InChI=1S/C14H20N2O4/c1-9-6-10(7-15-11(9)12(17)19-5)8-16-13(18)20-14(2,3)4/h6-7H,8H2,1-5H3,(H,16,18). The molecule has 1 aromatic rings. The Morgan fingerprint density at radius 2 is 2.00 bits per heavy atom. The Kier molecular flexibility index (Phi) is 5.07. The molecule has 0 saturated carbocycles. The molecule has 1 rings (SSSR count). The molecule has 0 spiro atoms. The Hall–Kier alpha value is -2.11. The lowest BCUT2D eigenvalue weighted by molar-refractivity contribution is 0.0521. The molecule has 0 aromatic carbocycles. The Balaban J connectivity index is 2.64. The van der Waals surface area contributed by atoms with Crippen molar-refractivity contribution in [2.24, 2.45) is 0 Å². The first-order valence-electron chi connectivity index (χ1n) is 6.23. The molecule has 6 nitrogen and oxygen atoms in total. The van der Waals surface area contributed by atoms with Gasteiger partial charge in [-0.25, -0.2) is 14.6 Å². The van der Waals surface area contributed by atoms with Crippen molar-refractivity contribution < 1.29 is 19.1 Å². The van der Waals surface area contributed by atoms with Crippen molar-refractivity contribution in [3.63, 3.8) is 0 Å². The number of carbonyl (C=O) groups is 2. The lowest BCUT2D eigenvalue weighted by Crippen LogP contribution is -2.32. The fraction of sp³-hybridized carbons (Fsp3) is 0.500. The molecule has 1 N–H and O–H groups in total. The van der Waals surface area contributed by atoms with E-state index >= 15 is 0 Å². The Labute approximate surface area is 118 Å². The van der Waals surface area contributed by atoms with Crippen molar-refractivity contribution >= 4 is 12.1 Å². The van der Waals surface area contributed by atoms with E-state index in [1.54, 1.807) is 33.8 Å². The summed E-state index contributed by atoms with van der Waals surface area (Å²) in [5.41, 5.74) is 1.21. The summed E-state index contributed by atoms with van der Waals surface area (Å²) in [5.74, 6) is -0.478. The summed E-state index contributed by atoms with van der Waals surface area (Å²) < 4.78 is 9.74. The van der Waals surface area contributed by atoms with Crippen LogP contribution in [-0.4, -0.2) is 29.8 Å². The molecule has 6 heteroatoms. The number of rotatable bonds is 3. The van der Waals surface area contributed by atoms with Crippen LogP contribution in [-0.2, 0) is 16.0 Å². The van der Waals surface area contributed by atoms with Gasteiger partial charge in [-0.15, -0.1) is 0 Å². The molecule has 1 amide bonds. The number of nitrogens with one attached hydrogen (secondary N) is 1. The first-order valence-corrected chi connectivity index (χ1v) is 6.23. The first-order chi connectivity index (χ1) is 9.23. The number of amides is 1. The number of aryl methyl sites for hydroxylation is 1. The van der Waals surface area contributed by atoms with Crippen LogP contribution in [0, 0.1) is 6.92 Å². The highest BCUT2D eigenvalue weighted by molar-refractivity contribution is 5.88. The zero-order valence-corrected chi connectivity index (χ0v) is 12.4. The van der Waals surface area contributed by atoms with Gasteiger partial charge in [0.05, 0.1) is 7.11 Å². The zero-order chi connectivity index (χ0) is 15.3. The number of aromatic nitrogens is 1. The predicted molar refractivity (Wildman–Crippen MR) is 73.4 cm³/mol. The average molecular weight is 280 g/mol. The van der Waals surface area contributed by atoms with Crippen LogP contribution >= 0.6 is 0 Å². The highest BCUT2D eigenvalue weighted by atomic mass is 16.6. The van der Waals surface area contributed by atoms with Crippen molar-refractivity contribution in [2.45, 2.75) is 39.8 Å². The zero-order valence-electron chi connectivity index (χ0n) is 12.4. The van der Waals surface area contributed by atoms with Gasteiger partial charge in [0.2, 0.25) is 0 Å². The maximum atomic E-state index is 11.5. The highest BCUT2D eigenvalue weighted by Gasteiger charge is 2.16. The average Bonchev–Trinajstić information content (AvgIpc) is 2.33. The van der Waals surface area contributed by atoms with Crippen LogP contribution in [0.4, 0.5) is 4.79 Å².